The first-order chi connectivity index (χ1) is 8.62. The Bertz CT molecular complexity index is 375. The van der Waals surface area contributed by atoms with Gasteiger partial charge in [0.15, 0.2) is 0 Å². The van der Waals surface area contributed by atoms with E-state index in [2.05, 4.69) is 13.8 Å². The normalized spacial score (nSPS) is 11.9. The summed E-state index contributed by atoms with van der Waals surface area (Å²) in [6.07, 6.45) is 3.86. The van der Waals surface area contributed by atoms with Gasteiger partial charge in [0.25, 0.3) is 0 Å². The predicted octanol–water partition coefficient (Wildman–Crippen LogP) is 4.51. The Morgan fingerprint density at radius 3 is 2.11 bits per heavy atom. The summed E-state index contributed by atoms with van der Waals surface area (Å²) < 4.78 is 23.9. The number of unbranched alkanes of at least 4 members (excludes halogenated alkanes) is 2. The van der Waals surface area contributed by atoms with Crippen LogP contribution in [0.15, 0.2) is 11.4 Å². The molecule has 0 atom stereocenters. The minimum atomic E-state index is -3.10. The van der Waals surface area contributed by atoms with E-state index in [-0.39, 0.29) is 0 Å². The number of hydrogen-bond acceptors (Lipinski definition) is 4. The van der Waals surface area contributed by atoms with Gasteiger partial charge in [-0.1, -0.05) is 26.7 Å². The fourth-order valence-corrected chi connectivity index (χ4v) is 4.21. The average molecular weight is 290 g/mol. The standard InChI is InChI=1S/C13H23O3PS/c1-4-6-8-15-17(14,16-9-7-5-2)13-10-12(3)18-11-13/h10-11H,4-9H2,1-3H3. The molecule has 0 bridgehead atoms. The summed E-state index contributed by atoms with van der Waals surface area (Å²) in [6.45, 7) is 7.15. The van der Waals surface area contributed by atoms with Gasteiger partial charge in [-0.25, -0.2) is 0 Å². The summed E-state index contributed by atoms with van der Waals surface area (Å²) in [6, 6.07) is 1.91. The fourth-order valence-electron chi connectivity index (χ4n) is 1.42. The topological polar surface area (TPSA) is 35.5 Å². The average Bonchev–Trinajstić information content (AvgIpc) is 2.77. The van der Waals surface area contributed by atoms with Gasteiger partial charge in [-0.15, -0.1) is 11.3 Å². The Balaban J connectivity index is 2.70. The van der Waals surface area contributed by atoms with E-state index in [4.69, 9.17) is 9.05 Å². The first-order valence-corrected chi connectivity index (χ1v) is 8.99. The van der Waals surface area contributed by atoms with Gasteiger partial charge in [-0.05, 0) is 25.8 Å². The second-order valence-electron chi connectivity index (χ2n) is 4.29. The second-order valence-corrected chi connectivity index (χ2v) is 7.43. The molecule has 0 aliphatic rings. The molecular formula is C13H23O3PS. The lowest BCUT2D eigenvalue weighted by molar-refractivity contribution is 0.208. The molecule has 0 saturated heterocycles. The SMILES string of the molecule is CCCCOP(=O)(OCCCC)c1csc(C)c1. The third-order valence-electron chi connectivity index (χ3n) is 2.55. The molecule has 1 aromatic rings. The van der Waals surface area contributed by atoms with E-state index in [9.17, 15) is 4.57 Å². The quantitative estimate of drug-likeness (QED) is 0.496. The van der Waals surface area contributed by atoms with Crippen LogP contribution in [0.5, 0.6) is 0 Å². The third kappa shape index (κ3) is 4.85. The van der Waals surface area contributed by atoms with Crippen molar-refractivity contribution in [3.63, 3.8) is 0 Å². The van der Waals surface area contributed by atoms with Crippen molar-refractivity contribution in [3.8, 4) is 0 Å². The van der Waals surface area contributed by atoms with Crippen LogP contribution < -0.4 is 5.30 Å². The Kier molecular flexibility index (Phi) is 7.16. The van der Waals surface area contributed by atoms with Crippen molar-refractivity contribution in [2.24, 2.45) is 0 Å². The van der Waals surface area contributed by atoms with Gasteiger partial charge in [0.05, 0.1) is 18.5 Å². The lowest BCUT2D eigenvalue weighted by Gasteiger charge is -2.17. The molecule has 1 rings (SSSR count). The Morgan fingerprint density at radius 2 is 1.72 bits per heavy atom. The number of hydrogen-bond donors (Lipinski definition) is 0. The molecule has 0 spiro atoms. The molecule has 3 nitrogen and oxygen atoms in total. The van der Waals surface area contributed by atoms with Crippen molar-refractivity contribution in [1.82, 2.24) is 0 Å². The summed E-state index contributed by atoms with van der Waals surface area (Å²) in [4.78, 5) is 1.13. The molecule has 0 saturated carbocycles. The number of rotatable bonds is 9. The monoisotopic (exact) mass is 290 g/mol. The minimum absolute atomic E-state index is 0.495. The molecule has 104 valence electrons. The zero-order valence-electron chi connectivity index (χ0n) is 11.5. The predicted molar refractivity (Wildman–Crippen MR) is 78.0 cm³/mol. The summed E-state index contributed by atoms with van der Waals surface area (Å²) in [7, 11) is -3.10. The van der Waals surface area contributed by atoms with Gasteiger partial charge in [0, 0.05) is 10.3 Å². The molecule has 0 aliphatic heterocycles. The van der Waals surface area contributed by atoms with Crippen LogP contribution in [0.2, 0.25) is 0 Å². The fraction of sp³-hybridized carbons (Fsp3) is 0.692. The van der Waals surface area contributed by atoms with Crippen LogP contribution in [-0.4, -0.2) is 13.2 Å². The van der Waals surface area contributed by atoms with Crippen LogP contribution in [0.1, 0.15) is 44.4 Å². The Hall–Kier alpha value is -0.150. The molecule has 0 radical (unpaired) electrons. The molecule has 1 heterocycles. The minimum Gasteiger partial charge on any atom is -0.305 e. The molecule has 0 amide bonds. The highest BCUT2D eigenvalue weighted by molar-refractivity contribution is 7.62. The maximum atomic E-state index is 12.7. The van der Waals surface area contributed by atoms with Crippen LogP contribution in [0.25, 0.3) is 0 Å². The second kappa shape index (κ2) is 8.11. The van der Waals surface area contributed by atoms with Crippen LogP contribution in [0.4, 0.5) is 0 Å². The van der Waals surface area contributed by atoms with E-state index in [1.165, 1.54) is 0 Å². The van der Waals surface area contributed by atoms with Crippen molar-refractivity contribution >= 4 is 24.2 Å². The van der Waals surface area contributed by atoms with Gasteiger partial charge < -0.3 is 9.05 Å². The summed E-state index contributed by atoms with van der Waals surface area (Å²) in [5.74, 6) is 0. The first kappa shape index (κ1) is 15.9. The van der Waals surface area contributed by atoms with E-state index in [1.807, 2.05) is 18.4 Å². The molecule has 0 aromatic carbocycles. The van der Waals surface area contributed by atoms with Crippen molar-refractivity contribution in [3.05, 3.63) is 16.3 Å². The van der Waals surface area contributed by atoms with Crippen LogP contribution in [0.3, 0.4) is 0 Å². The van der Waals surface area contributed by atoms with Gasteiger partial charge >= 0.3 is 7.60 Å². The third-order valence-corrected chi connectivity index (χ3v) is 5.52. The van der Waals surface area contributed by atoms with Crippen LogP contribution in [0, 0.1) is 6.92 Å². The van der Waals surface area contributed by atoms with E-state index in [0.717, 1.165) is 30.6 Å². The Morgan fingerprint density at radius 1 is 1.17 bits per heavy atom. The molecule has 0 fully saturated rings. The van der Waals surface area contributed by atoms with Crippen molar-refractivity contribution in [2.45, 2.75) is 46.5 Å². The summed E-state index contributed by atoms with van der Waals surface area (Å²) in [5, 5.41) is 2.59. The summed E-state index contributed by atoms with van der Waals surface area (Å²) in [5.41, 5.74) is 0. The number of thiophene rings is 1. The molecule has 1 aromatic heterocycles. The maximum absolute atomic E-state index is 12.7. The highest BCUT2D eigenvalue weighted by atomic mass is 32.1. The molecule has 0 unspecified atom stereocenters. The lowest BCUT2D eigenvalue weighted by atomic mass is 10.4. The summed E-state index contributed by atoms with van der Waals surface area (Å²) >= 11 is 1.58. The smallest absolute Gasteiger partial charge is 0.305 e. The van der Waals surface area contributed by atoms with Crippen LogP contribution in [-0.2, 0) is 13.6 Å². The molecular weight excluding hydrogens is 267 g/mol. The number of aryl methyl sites for hydroxylation is 1. The van der Waals surface area contributed by atoms with E-state index < -0.39 is 7.60 Å². The zero-order valence-corrected chi connectivity index (χ0v) is 13.2. The van der Waals surface area contributed by atoms with Crippen LogP contribution >= 0.6 is 18.9 Å². The highest BCUT2D eigenvalue weighted by Gasteiger charge is 2.28. The molecule has 0 N–H and O–H groups in total. The van der Waals surface area contributed by atoms with E-state index >= 15 is 0 Å². The molecule has 5 heteroatoms. The first-order valence-electron chi connectivity index (χ1n) is 6.57. The lowest BCUT2D eigenvalue weighted by Crippen LogP contribution is -2.10. The molecule has 0 aliphatic carbocycles. The van der Waals surface area contributed by atoms with Gasteiger partial charge in [0.2, 0.25) is 0 Å². The van der Waals surface area contributed by atoms with Gasteiger partial charge in [-0.3, -0.25) is 4.57 Å². The van der Waals surface area contributed by atoms with E-state index in [1.54, 1.807) is 11.3 Å². The Labute approximate surface area is 114 Å². The zero-order chi connectivity index (χ0) is 13.4. The maximum Gasteiger partial charge on any atom is 0.362 e. The highest BCUT2D eigenvalue weighted by Crippen LogP contribution is 2.48. The van der Waals surface area contributed by atoms with E-state index in [0.29, 0.717) is 18.5 Å². The van der Waals surface area contributed by atoms with Gasteiger partial charge in [0.1, 0.15) is 0 Å². The van der Waals surface area contributed by atoms with Crippen molar-refractivity contribution in [2.75, 3.05) is 13.2 Å². The largest absolute Gasteiger partial charge is 0.362 e. The molecule has 18 heavy (non-hydrogen) atoms. The van der Waals surface area contributed by atoms with Crippen molar-refractivity contribution < 1.29 is 13.6 Å². The van der Waals surface area contributed by atoms with Crippen molar-refractivity contribution in [1.29, 1.82) is 0 Å². The van der Waals surface area contributed by atoms with Gasteiger partial charge in [-0.2, -0.15) is 0 Å².